The van der Waals surface area contributed by atoms with Crippen LogP contribution in [0.25, 0.3) is 0 Å². The van der Waals surface area contributed by atoms with E-state index in [1.54, 1.807) is 0 Å². The molecule has 2 fully saturated rings. The molecule has 1 unspecified atom stereocenters. The molecule has 0 amide bonds. The Bertz CT molecular complexity index is 206. The molecule has 0 aliphatic carbocycles. The minimum absolute atomic E-state index is 0.341. The van der Waals surface area contributed by atoms with Crippen molar-refractivity contribution in [2.24, 2.45) is 0 Å². The van der Waals surface area contributed by atoms with E-state index in [1.165, 1.54) is 50.3 Å². The van der Waals surface area contributed by atoms with E-state index in [0.717, 1.165) is 12.6 Å². The lowest BCUT2D eigenvalue weighted by Crippen LogP contribution is -2.54. The molecular formula is C13H26N2S. The van der Waals surface area contributed by atoms with Crippen LogP contribution in [-0.2, 0) is 0 Å². The first-order chi connectivity index (χ1) is 7.68. The summed E-state index contributed by atoms with van der Waals surface area (Å²) in [5.74, 6) is 2.66. The summed E-state index contributed by atoms with van der Waals surface area (Å²) in [5, 5.41) is 3.76. The largest absolute Gasteiger partial charge is 0.311 e. The minimum Gasteiger partial charge on any atom is -0.311 e. The van der Waals surface area contributed by atoms with E-state index in [1.807, 2.05) is 0 Å². The van der Waals surface area contributed by atoms with Crippen molar-refractivity contribution < 1.29 is 0 Å². The van der Waals surface area contributed by atoms with Crippen molar-refractivity contribution >= 4 is 11.8 Å². The molecule has 0 aromatic heterocycles. The zero-order valence-corrected chi connectivity index (χ0v) is 11.6. The highest BCUT2D eigenvalue weighted by Crippen LogP contribution is 2.22. The van der Waals surface area contributed by atoms with E-state index in [4.69, 9.17) is 0 Å². The highest BCUT2D eigenvalue weighted by atomic mass is 32.2. The summed E-state index contributed by atoms with van der Waals surface area (Å²) in [6.07, 6.45) is 5.57. The van der Waals surface area contributed by atoms with Crippen molar-refractivity contribution in [1.82, 2.24) is 10.2 Å². The van der Waals surface area contributed by atoms with Crippen LogP contribution in [0.4, 0.5) is 0 Å². The van der Waals surface area contributed by atoms with Gasteiger partial charge in [-0.3, -0.25) is 4.90 Å². The molecule has 1 N–H and O–H groups in total. The summed E-state index contributed by atoms with van der Waals surface area (Å²) < 4.78 is 0. The highest BCUT2D eigenvalue weighted by Gasteiger charge is 2.28. The van der Waals surface area contributed by atoms with Gasteiger partial charge in [-0.25, -0.2) is 0 Å². The van der Waals surface area contributed by atoms with Gasteiger partial charge in [-0.2, -0.15) is 11.8 Å². The van der Waals surface area contributed by atoms with Gasteiger partial charge >= 0.3 is 0 Å². The zero-order chi connectivity index (χ0) is 11.4. The second kappa shape index (κ2) is 5.74. The number of rotatable bonds is 4. The SMILES string of the molecule is CC(C)(CNC1CCSC1)N1CCCCC1. The van der Waals surface area contributed by atoms with Gasteiger partial charge in [-0.1, -0.05) is 6.42 Å². The van der Waals surface area contributed by atoms with Gasteiger partial charge in [0.1, 0.15) is 0 Å². The van der Waals surface area contributed by atoms with Gasteiger partial charge in [0.15, 0.2) is 0 Å². The van der Waals surface area contributed by atoms with Gasteiger partial charge in [0.05, 0.1) is 0 Å². The molecule has 2 heterocycles. The molecule has 94 valence electrons. The third-order valence-corrected chi connectivity index (χ3v) is 5.13. The summed E-state index contributed by atoms with van der Waals surface area (Å²) in [6.45, 7) is 8.54. The maximum atomic E-state index is 3.76. The standard InChI is InChI=1S/C13H26N2S/c1-13(2,15-7-4-3-5-8-15)11-14-12-6-9-16-10-12/h12,14H,3-11H2,1-2H3. The van der Waals surface area contributed by atoms with Crippen LogP contribution in [0.5, 0.6) is 0 Å². The third kappa shape index (κ3) is 3.38. The normalized spacial score (nSPS) is 28.5. The molecule has 0 aromatic carbocycles. The van der Waals surface area contributed by atoms with E-state index in [-0.39, 0.29) is 0 Å². The Balaban J connectivity index is 1.76. The molecule has 3 heteroatoms. The summed E-state index contributed by atoms with van der Waals surface area (Å²) in [4.78, 5) is 2.67. The fourth-order valence-corrected chi connectivity index (χ4v) is 3.89. The Morgan fingerprint density at radius 2 is 2.00 bits per heavy atom. The van der Waals surface area contributed by atoms with Crippen LogP contribution in [0.3, 0.4) is 0 Å². The summed E-state index contributed by atoms with van der Waals surface area (Å²) >= 11 is 2.09. The molecule has 16 heavy (non-hydrogen) atoms. The monoisotopic (exact) mass is 242 g/mol. The number of hydrogen-bond acceptors (Lipinski definition) is 3. The Morgan fingerprint density at radius 3 is 2.62 bits per heavy atom. The molecule has 0 radical (unpaired) electrons. The van der Waals surface area contributed by atoms with Crippen molar-refractivity contribution in [2.75, 3.05) is 31.1 Å². The lowest BCUT2D eigenvalue weighted by atomic mass is 9.98. The number of hydrogen-bond donors (Lipinski definition) is 1. The van der Waals surface area contributed by atoms with Crippen LogP contribution < -0.4 is 5.32 Å². The highest BCUT2D eigenvalue weighted by molar-refractivity contribution is 7.99. The lowest BCUT2D eigenvalue weighted by Gasteiger charge is -2.41. The maximum Gasteiger partial charge on any atom is 0.0277 e. The first-order valence-corrected chi connectivity index (χ1v) is 7.90. The first-order valence-electron chi connectivity index (χ1n) is 6.75. The van der Waals surface area contributed by atoms with Crippen LogP contribution in [0.2, 0.25) is 0 Å². The Morgan fingerprint density at radius 1 is 1.25 bits per heavy atom. The van der Waals surface area contributed by atoms with Crippen LogP contribution in [0.1, 0.15) is 39.5 Å². The van der Waals surface area contributed by atoms with E-state index in [2.05, 4.69) is 35.8 Å². The summed E-state index contributed by atoms with van der Waals surface area (Å²) in [6, 6.07) is 0.772. The summed E-state index contributed by atoms with van der Waals surface area (Å²) in [5.41, 5.74) is 0.341. The van der Waals surface area contributed by atoms with Gasteiger partial charge < -0.3 is 5.32 Å². The number of nitrogens with one attached hydrogen (secondary N) is 1. The minimum atomic E-state index is 0.341. The second-order valence-electron chi connectivity index (χ2n) is 5.80. The van der Waals surface area contributed by atoms with Gasteiger partial charge in [-0.15, -0.1) is 0 Å². The first kappa shape index (κ1) is 12.7. The zero-order valence-electron chi connectivity index (χ0n) is 10.8. The quantitative estimate of drug-likeness (QED) is 0.815. The molecule has 0 spiro atoms. The molecule has 1 atom stereocenters. The number of piperidine rings is 1. The third-order valence-electron chi connectivity index (χ3n) is 3.97. The Hall–Kier alpha value is 0.270. The van der Waals surface area contributed by atoms with E-state index in [0.29, 0.717) is 5.54 Å². The van der Waals surface area contributed by atoms with Gasteiger partial charge in [0, 0.05) is 23.9 Å². The van der Waals surface area contributed by atoms with Crippen molar-refractivity contribution in [3.8, 4) is 0 Å². The molecule has 2 rings (SSSR count). The van der Waals surface area contributed by atoms with Gasteiger partial charge in [0.2, 0.25) is 0 Å². The predicted molar refractivity (Wildman–Crippen MR) is 73.2 cm³/mol. The molecule has 2 saturated heterocycles. The molecular weight excluding hydrogens is 216 g/mol. The smallest absolute Gasteiger partial charge is 0.0277 e. The average molecular weight is 242 g/mol. The Kier molecular flexibility index (Phi) is 4.57. The van der Waals surface area contributed by atoms with E-state index >= 15 is 0 Å². The molecule has 2 aliphatic heterocycles. The van der Waals surface area contributed by atoms with Gasteiger partial charge in [-0.05, 0) is 52.0 Å². The number of likely N-dealkylation sites (tertiary alicyclic amines) is 1. The fraction of sp³-hybridized carbons (Fsp3) is 1.00. The molecule has 0 saturated carbocycles. The molecule has 0 aromatic rings. The molecule has 2 nitrogen and oxygen atoms in total. The van der Waals surface area contributed by atoms with E-state index < -0.39 is 0 Å². The predicted octanol–water partition coefficient (Wildman–Crippen LogP) is 2.35. The topological polar surface area (TPSA) is 15.3 Å². The van der Waals surface area contributed by atoms with E-state index in [9.17, 15) is 0 Å². The Labute approximate surface area is 105 Å². The van der Waals surface area contributed by atoms with Crippen LogP contribution in [0.15, 0.2) is 0 Å². The summed E-state index contributed by atoms with van der Waals surface area (Å²) in [7, 11) is 0. The van der Waals surface area contributed by atoms with Crippen LogP contribution in [0, 0.1) is 0 Å². The molecule has 2 aliphatic rings. The number of thioether (sulfide) groups is 1. The second-order valence-corrected chi connectivity index (χ2v) is 6.95. The van der Waals surface area contributed by atoms with Crippen molar-refractivity contribution in [3.63, 3.8) is 0 Å². The lowest BCUT2D eigenvalue weighted by molar-refractivity contribution is 0.0925. The van der Waals surface area contributed by atoms with Crippen LogP contribution >= 0.6 is 11.8 Å². The average Bonchev–Trinajstić information content (AvgIpc) is 2.81. The maximum absolute atomic E-state index is 3.76. The fourth-order valence-electron chi connectivity index (χ4n) is 2.70. The van der Waals surface area contributed by atoms with Crippen molar-refractivity contribution in [3.05, 3.63) is 0 Å². The number of nitrogens with zero attached hydrogens (tertiary/aromatic N) is 1. The van der Waals surface area contributed by atoms with Gasteiger partial charge in [0.25, 0.3) is 0 Å². The van der Waals surface area contributed by atoms with Crippen molar-refractivity contribution in [2.45, 2.75) is 51.1 Å². The van der Waals surface area contributed by atoms with Crippen LogP contribution in [-0.4, -0.2) is 47.6 Å². The molecule has 0 bridgehead atoms. The van der Waals surface area contributed by atoms with Crippen molar-refractivity contribution in [1.29, 1.82) is 0 Å².